The topological polar surface area (TPSA) is 39.2 Å². The first-order chi connectivity index (χ1) is 8.57. The van der Waals surface area contributed by atoms with E-state index in [1.807, 2.05) is 0 Å². The summed E-state index contributed by atoms with van der Waals surface area (Å²) in [5.74, 6) is -1.55. The van der Waals surface area contributed by atoms with Crippen LogP contribution in [0.5, 0.6) is 0 Å². The number of aromatic nitrogens is 1. The number of ether oxygens (including phenoxy) is 1. The monoisotopic (exact) mass is 287 g/mol. The molecular formula is C10H7F6NO2. The smallest absolute Gasteiger partial charge is 0.433 e. The van der Waals surface area contributed by atoms with Gasteiger partial charge in [-0.05, 0) is 19.1 Å². The first-order valence-corrected chi connectivity index (χ1v) is 4.90. The molecule has 1 heterocycles. The molecule has 3 nitrogen and oxygen atoms in total. The summed E-state index contributed by atoms with van der Waals surface area (Å²) in [4.78, 5) is 13.9. The Morgan fingerprint density at radius 2 is 1.74 bits per heavy atom. The number of carbonyl (C=O) groups excluding carboxylic acids is 1. The van der Waals surface area contributed by atoms with Gasteiger partial charge in [-0.1, -0.05) is 0 Å². The predicted molar refractivity (Wildman–Crippen MR) is 50.2 cm³/mol. The quantitative estimate of drug-likeness (QED) is 0.619. The zero-order valence-corrected chi connectivity index (χ0v) is 9.39. The third-order valence-corrected chi connectivity index (χ3v) is 1.96. The molecule has 19 heavy (non-hydrogen) atoms. The van der Waals surface area contributed by atoms with E-state index in [1.54, 1.807) is 0 Å². The van der Waals surface area contributed by atoms with Crippen LogP contribution in [-0.4, -0.2) is 17.6 Å². The Hall–Kier alpha value is -1.80. The summed E-state index contributed by atoms with van der Waals surface area (Å²) in [6.07, 6.45) is -9.95. The molecule has 0 aromatic carbocycles. The highest BCUT2D eigenvalue weighted by atomic mass is 19.4. The van der Waals surface area contributed by atoms with Crippen molar-refractivity contribution in [3.8, 4) is 0 Å². The lowest BCUT2D eigenvalue weighted by molar-refractivity contribution is -0.144. The van der Waals surface area contributed by atoms with Crippen LogP contribution >= 0.6 is 0 Å². The van der Waals surface area contributed by atoms with Crippen molar-refractivity contribution >= 4 is 5.97 Å². The molecule has 106 valence electrons. The van der Waals surface area contributed by atoms with Gasteiger partial charge in [0.05, 0.1) is 12.2 Å². The second-order valence-electron chi connectivity index (χ2n) is 3.31. The highest BCUT2D eigenvalue weighted by molar-refractivity contribution is 5.89. The van der Waals surface area contributed by atoms with E-state index in [9.17, 15) is 31.1 Å². The van der Waals surface area contributed by atoms with Crippen molar-refractivity contribution in [2.24, 2.45) is 0 Å². The van der Waals surface area contributed by atoms with Crippen LogP contribution in [0.1, 0.15) is 28.7 Å². The molecule has 0 bridgehead atoms. The van der Waals surface area contributed by atoms with Crippen LogP contribution in [0.4, 0.5) is 26.3 Å². The van der Waals surface area contributed by atoms with Crippen LogP contribution in [0, 0.1) is 0 Å². The van der Waals surface area contributed by atoms with E-state index >= 15 is 0 Å². The van der Waals surface area contributed by atoms with Gasteiger partial charge in [0.15, 0.2) is 5.69 Å². The molecule has 0 saturated carbocycles. The number of carbonyl (C=O) groups is 1. The number of alkyl halides is 6. The van der Waals surface area contributed by atoms with Crippen LogP contribution in [-0.2, 0) is 17.1 Å². The maximum atomic E-state index is 12.5. The van der Waals surface area contributed by atoms with Crippen LogP contribution in [0.2, 0.25) is 0 Å². The highest BCUT2D eigenvalue weighted by Crippen LogP contribution is 2.34. The summed E-state index contributed by atoms with van der Waals surface area (Å²) in [5, 5.41) is 0. The standard InChI is InChI=1S/C10H7F6NO2/c1-2-19-8(18)7-5(9(11,12)13)3-4-6(17-7)10(14,15)16/h3-4H,2H2,1H3. The molecule has 1 aromatic heterocycles. The van der Waals surface area contributed by atoms with Gasteiger partial charge in [-0.15, -0.1) is 0 Å². The van der Waals surface area contributed by atoms with E-state index in [0.717, 1.165) is 0 Å². The molecular weight excluding hydrogens is 280 g/mol. The van der Waals surface area contributed by atoms with Crippen molar-refractivity contribution in [2.45, 2.75) is 19.3 Å². The molecule has 0 aliphatic carbocycles. The summed E-state index contributed by atoms with van der Waals surface area (Å²) in [5.41, 5.74) is -4.56. The molecule has 0 aliphatic heterocycles. The van der Waals surface area contributed by atoms with Gasteiger partial charge in [-0.3, -0.25) is 0 Å². The first kappa shape index (κ1) is 15.3. The molecule has 0 atom stereocenters. The molecule has 0 aliphatic rings. The largest absolute Gasteiger partial charge is 0.461 e. The molecule has 1 rings (SSSR count). The van der Waals surface area contributed by atoms with Gasteiger partial charge in [0, 0.05) is 0 Å². The van der Waals surface area contributed by atoms with E-state index in [1.165, 1.54) is 6.92 Å². The Bertz CT molecular complexity index is 480. The molecule has 0 amide bonds. The van der Waals surface area contributed by atoms with Crippen LogP contribution in [0.3, 0.4) is 0 Å². The van der Waals surface area contributed by atoms with Crippen LogP contribution in [0.25, 0.3) is 0 Å². The lowest BCUT2D eigenvalue weighted by atomic mass is 10.1. The maximum Gasteiger partial charge on any atom is 0.433 e. The van der Waals surface area contributed by atoms with E-state index < -0.39 is 35.3 Å². The number of halogens is 6. The molecule has 0 N–H and O–H groups in total. The molecule has 0 saturated heterocycles. The maximum absolute atomic E-state index is 12.5. The van der Waals surface area contributed by atoms with Gasteiger partial charge in [-0.2, -0.15) is 26.3 Å². The van der Waals surface area contributed by atoms with Gasteiger partial charge in [0.1, 0.15) is 5.69 Å². The Morgan fingerprint density at radius 1 is 1.16 bits per heavy atom. The van der Waals surface area contributed by atoms with Gasteiger partial charge < -0.3 is 4.74 Å². The molecule has 0 radical (unpaired) electrons. The number of nitrogens with zero attached hydrogens (tertiary/aromatic N) is 1. The first-order valence-electron chi connectivity index (χ1n) is 4.90. The molecule has 0 spiro atoms. The zero-order chi connectivity index (χ0) is 14.8. The lowest BCUT2D eigenvalue weighted by Crippen LogP contribution is -2.20. The minimum atomic E-state index is -5.00. The number of hydrogen-bond donors (Lipinski definition) is 0. The molecule has 0 unspecified atom stereocenters. The third-order valence-electron chi connectivity index (χ3n) is 1.96. The summed E-state index contributed by atoms with van der Waals surface area (Å²) in [7, 11) is 0. The Labute approximate surface area is 103 Å². The molecule has 0 fully saturated rings. The fraction of sp³-hybridized carbons (Fsp3) is 0.400. The Morgan fingerprint density at radius 3 is 2.16 bits per heavy atom. The fourth-order valence-corrected chi connectivity index (χ4v) is 1.20. The SMILES string of the molecule is CCOC(=O)c1nc(C(F)(F)F)ccc1C(F)(F)F. The van der Waals surface area contributed by atoms with E-state index in [4.69, 9.17) is 0 Å². The highest BCUT2D eigenvalue weighted by Gasteiger charge is 2.40. The predicted octanol–water partition coefficient (Wildman–Crippen LogP) is 3.30. The number of rotatable bonds is 2. The summed E-state index contributed by atoms with van der Waals surface area (Å²) >= 11 is 0. The van der Waals surface area contributed by atoms with Gasteiger partial charge >= 0.3 is 18.3 Å². The summed E-state index contributed by atoms with van der Waals surface area (Å²) in [6, 6.07) is 0.313. The van der Waals surface area contributed by atoms with Gasteiger partial charge in [0.2, 0.25) is 0 Å². The van der Waals surface area contributed by atoms with Crippen molar-refractivity contribution in [1.82, 2.24) is 4.98 Å². The fourth-order valence-electron chi connectivity index (χ4n) is 1.20. The van der Waals surface area contributed by atoms with Crippen molar-refractivity contribution in [3.63, 3.8) is 0 Å². The second-order valence-corrected chi connectivity index (χ2v) is 3.31. The molecule has 9 heteroatoms. The van der Waals surface area contributed by atoms with Crippen LogP contribution in [0.15, 0.2) is 12.1 Å². The van der Waals surface area contributed by atoms with Gasteiger partial charge in [0.25, 0.3) is 0 Å². The van der Waals surface area contributed by atoms with Crippen molar-refractivity contribution in [2.75, 3.05) is 6.61 Å². The summed E-state index contributed by atoms with van der Waals surface area (Å²) in [6.45, 7) is 1.02. The van der Waals surface area contributed by atoms with E-state index in [0.29, 0.717) is 0 Å². The van der Waals surface area contributed by atoms with E-state index in [2.05, 4.69) is 9.72 Å². The summed E-state index contributed by atoms with van der Waals surface area (Å²) < 4.78 is 79.0. The molecule has 1 aromatic rings. The third kappa shape index (κ3) is 3.58. The lowest BCUT2D eigenvalue weighted by Gasteiger charge is -2.13. The van der Waals surface area contributed by atoms with E-state index in [-0.39, 0.29) is 18.7 Å². The van der Waals surface area contributed by atoms with Crippen molar-refractivity contribution < 1.29 is 35.9 Å². The normalized spacial score (nSPS) is 12.4. The number of hydrogen-bond acceptors (Lipinski definition) is 3. The average Bonchev–Trinajstić information content (AvgIpc) is 2.26. The van der Waals surface area contributed by atoms with Crippen molar-refractivity contribution in [3.05, 3.63) is 29.1 Å². The number of pyridine rings is 1. The van der Waals surface area contributed by atoms with Gasteiger partial charge in [-0.25, -0.2) is 9.78 Å². The minimum absolute atomic E-state index is 0.155. The Balaban J connectivity index is 3.39. The van der Waals surface area contributed by atoms with Crippen LogP contribution < -0.4 is 0 Å². The number of esters is 1. The zero-order valence-electron chi connectivity index (χ0n) is 9.39. The minimum Gasteiger partial charge on any atom is -0.461 e. The average molecular weight is 287 g/mol. The van der Waals surface area contributed by atoms with Crippen molar-refractivity contribution in [1.29, 1.82) is 0 Å². The second kappa shape index (κ2) is 5.06. The Kier molecular flexibility index (Phi) is 4.06.